The Bertz CT molecular complexity index is 369. The van der Waals surface area contributed by atoms with Gasteiger partial charge in [0.15, 0.2) is 0 Å². The highest BCUT2D eigenvalue weighted by atomic mass is 16.5. The van der Waals surface area contributed by atoms with Gasteiger partial charge in [-0.3, -0.25) is 9.59 Å². The predicted octanol–water partition coefficient (Wildman–Crippen LogP) is 1.48. The van der Waals surface area contributed by atoms with Crippen LogP contribution in [0.5, 0.6) is 0 Å². The van der Waals surface area contributed by atoms with Crippen molar-refractivity contribution in [3.8, 4) is 0 Å². The summed E-state index contributed by atoms with van der Waals surface area (Å²) in [6, 6.07) is 8.89. The van der Waals surface area contributed by atoms with Crippen LogP contribution in [0.15, 0.2) is 30.3 Å². The van der Waals surface area contributed by atoms with E-state index in [1.54, 1.807) is 0 Å². The van der Waals surface area contributed by atoms with E-state index in [4.69, 9.17) is 4.74 Å². The van der Waals surface area contributed by atoms with E-state index in [9.17, 15) is 9.59 Å². The second kappa shape index (κ2) is 12.2. The summed E-state index contributed by atoms with van der Waals surface area (Å²) >= 11 is 0. The Balaban J connectivity index is 0.00000110. The first-order valence-corrected chi connectivity index (χ1v) is 6.69. The van der Waals surface area contributed by atoms with Gasteiger partial charge in [-0.05, 0) is 5.56 Å². The van der Waals surface area contributed by atoms with Crippen LogP contribution in [0.4, 0.5) is 0 Å². The van der Waals surface area contributed by atoms with Gasteiger partial charge in [-0.1, -0.05) is 50.6 Å². The van der Waals surface area contributed by atoms with Crippen LogP contribution in [0.3, 0.4) is 0 Å². The second-order valence-electron chi connectivity index (χ2n) is 4.20. The Labute approximate surface area is 120 Å². The smallest absolute Gasteiger partial charge is 0.245 e. The van der Waals surface area contributed by atoms with Crippen LogP contribution in [-0.2, 0) is 20.9 Å². The van der Waals surface area contributed by atoms with E-state index in [1.165, 1.54) is 13.5 Å². The maximum atomic E-state index is 11.7. The Kier molecular flexibility index (Phi) is 11.0. The van der Waals surface area contributed by atoms with Crippen molar-refractivity contribution in [3.05, 3.63) is 35.9 Å². The summed E-state index contributed by atoms with van der Waals surface area (Å²) in [6.07, 6.45) is 1.74. The average Bonchev–Trinajstić information content (AvgIpc) is 2.46. The Morgan fingerprint density at radius 1 is 1.30 bits per heavy atom. The normalized spacial score (nSPS) is 10.8. The van der Waals surface area contributed by atoms with E-state index in [0.29, 0.717) is 13.0 Å². The van der Waals surface area contributed by atoms with E-state index in [2.05, 4.69) is 24.5 Å². The number of benzene rings is 1. The lowest BCUT2D eigenvalue weighted by Crippen LogP contribution is -2.46. The van der Waals surface area contributed by atoms with Crippen molar-refractivity contribution >= 4 is 12.3 Å². The quantitative estimate of drug-likeness (QED) is 0.743. The molecule has 1 unspecified atom stereocenters. The number of carbonyl (C=O) groups excluding carboxylic acids is 2. The second-order valence-corrected chi connectivity index (χ2v) is 4.20. The lowest BCUT2D eigenvalue weighted by Gasteiger charge is -2.14. The van der Waals surface area contributed by atoms with Crippen molar-refractivity contribution in [2.45, 2.75) is 32.9 Å². The predicted molar refractivity (Wildman–Crippen MR) is 79.1 cm³/mol. The number of amides is 2. The molecule has 0 spiro atoms. The van der Waals surface area contributed by atoms with E-state index in [-0.39, 0.29) is 12.5 Å². The summed E-state index contributed by atoms with van der Waals surface area (Å²) in [6.45, 7) is 4.83. The van der Waals surface area contributed by atoms with Crippen LogP contribution in [0.2, 0.25) is 0 Å². The van der Waals surface area contributed by atoms with Crippen molar-refractivity contribution < 1.29 is 14.3 Å². The number of methoxy groups -OCH3 is 1. The third-order valence-electron chi connectivity index (χ3n) is 2.23. The average molecular weight is 280 g/mol. The third-order valence-corrected chi connectivity index (χ3v) is 2.23. The van der Waals surface area contributed by atoms with Gasteiger partial charge in [0.1, 0.15) is 6.04 Å². The van der Waals surface area contributed by atoms with Crippen LogP contribution in [0.1, 0.15) is 25.8 Å². The number of hydrogen-bond donors (Lipinski definition) is 2. The number of rotatable bonds is 7. The van der Waals surface area contributed by atoms with Gasteiger partial charge in [0.2, 0.25) is 12.3 Å². The number of ether oxygens (including phenoxy) is 1. The van der Waals surface area contributed by atoms with Gasteiger partial charge >= 0.3 is 0 Å². The number of carbonyl (C=O) groups is 2. The van der Waals surface area contributed by atoms with Crippen LogP contribution >= 0.6 is 0 Å². The fourth-order valence-electron chi connectivity index (χ4n) is 1.36. The minimum absolute atomic E-state index is 0.152. The molecule has 1 atom stereocenters. The van der Waals surface area contributed by atoms with Crippen molar-refractivity contribution in [3.63, 3.8) is 0 Å². The van der Waals surface area contributed by atoms with Crippen LogP contribution < -0.4 is 10.6 Å². The molecule has 0 saturated heterocycles. The Hall–Kier alpha value is -1.88. The first kappa shape index (κ1) is 18.1. The minimum Gasteiger partial charge on any atom is -0.382 e. The molecule has 1 aromatic carbocycles. The zero-order chi connectivity index (χ0) is 15.2. The molecule has 1 aromatic rings. The molecule has 5 heteroatoms. The van der Waals surface area contributed by atoms with Gasteiger partial charge in [-0.25, -0.2) is 0 Å². The SMILES string of the molecule is CCC.COCC(NC=O)C(=O)NCc1ccccc1. The Morgan fingerprint density at radius 3 is 2.40 bits per heavy atom. The zero-order valence-electron chi connectivity index (χ0n) is 12.4. The summed E-state index contributed by atoms with van der Waals surface area (Å²) in [4.78, 5) is 22.0. The molecule has 1 rings (SSSR count). The molecule has 0 bridgehead atoms. The molecule has 0 heterocycles. The van der Waals surface area contributed by atoms with Crippen molar-refractivity contribution in [2.75, 3.05) is 13.7 Å². The zero-order valence-corrected chi connectivity index (χ0v) is 12.4. The van der Waals surface area contributed by atoms with Crippen molar-refractivity contribution in [2.24, 2.45) is 0 Å². The monoisotopic (exact) mass is 280 g/mol. The summed E-state index contributed by atoms with van der Waals surface area (Å²) in [5.41, 5.74) is 1.00. The van der Waals surface area contributed by atoms with Crippen LogP contribution in [0, 0.1) is 0 Å². The third kappa shape index (κ3) is 8.26. The summed E-state index contributed by atoms with van der Waals surface area (Å²) in [5.74, 6) is -0.261. The Morgan fingerprint density at radius 2 is 1.90 bits per heavy atom. The summed E-state index contributed by atoms with van der Waals surface area (Å²) in [5, 5.41) is 5.13. The van der Waals surface area contributed by atoms with Crippen LogP contribution in [-0.4, -0.2) is 32.1 Å². The molecule has 0 radical (unpaired) electrons. The minimum atomic E-state index is -0.652. The highest BCUT2D eigenvalue weighted by Crippen LogP contribution is 1.97. The maximum absolute atomic E-state index is 11.7. The molecule has 2 amide bonds. The van der Waals surface area contributed by atoms with E-state index < -0.39 is 6.04 Å². The van der Waals surface area contributed by atoms with Crippen LogP contribution in [0.25, 0.3) is 0 Å². The van der Waals surface area contributed by atoms with E-state index >= 15 is 0 Å². The number of nitrogens with one attached hydrogen (secondary N) is 2. The lowest BCUT2D eigenvalue weighted by molar-refractivity contribution is -0.126. The number of hydrogen-bond acceptors (Lipinski definition) is 3. The molecule has 2 N–H and O–H groups in total. The van der Waals surface area contributed by atoms with E-state index in [0.717, 1.165) is 5.56 Å². The molecule has 5 nitrogen and oxygen atoms in total. The summed E-state index contributed by atoms with van der Waals surface area (Å²) in [7, 11) is 1.48. The molecule has 0 aliphatic heterocycles. The molecule has 112 valence electrons. The van der Waals surface area contributed by atoms with Gasteiger partial charge in [-0.2, -0.15) is 0 Å². The van der Waals surface area contributed by atoms with Crippen molar-refractivity contribution in [1.82, 2.24) is 10.6 Å². The highest BCUT2D eigenvalue weighted by molar-refractivity contribution is 5.83. The largest absolute Gasteiger partial charge is 0.382 e. The lowest BCUT2D eigenvalue weighted by atomic mass is 10.2. The summed E-state index contributed by atoms with van der Waals surface area (Å²) < 4.78 is 4.85. The molecule has 0 saturated carbocycles. The first-order valence-electron chi connectivity index (χ1n) is 6.69. The molecule has 20 heavy (non-hydrogen) atoms. The molecule has 0 aliphatic carbocycles. The van der Waals surface area contributed by atoms with Gasteiger partial charge in [0.05, 0.1) is 6.61 Å². The highest BCUT2D eigenvalue weighted by Gasteiger charge is 2.16. The maximum Gasteiger partial charge on any atom is 0.245 e. The van der Waals surface area contributed by atoms with E-state index in [1.807, 2.05) is 30.3 Å². The fraction of sp³-hybridized carbons (Fsp3) is 0.467. The first-order chi connectivity index (χ1) is 9.69. The van der Waals surface area contributed by atoms with Gasteiger partial charge in [0.25, 0.3) is 0 Å². The standard InChI is InChI=1S/C12H16N2O3.C3H8/c1-17-8-11(14-9-15)12(16)13-7-10-5-3-2-4-6-10;1-3-2/h2-6,9,11H,7-8H2,1H3,(H,13,16)(H,14,15);3H2,1-2H3. The van der Waals surface area contributed by atoms with Crippen molar-refractivity contribution in [1.29, 1.82) is 0 Å². The van der Waals surface area contributed by atoms with Gasteiger partial charge in [-0.15, -0.1) is 0 Å². The molecular formula is C15H24N2O3. The molecule has 0 fully saturated rings. The topological polar surface area (TPSA) is 67.4 Å². The van der Waals surface area contributed by atoms with Gasteiger partial charge in [0, 0.05) is 13.7 Å². The molecule has 0 aliphatic rings. The fourth-order valence-corrected chi connectivity index (χ4v) is 1.36. The molecule has 0 aromatic heterocycles. The molecular weight excluding hydrogens is 256 g/mol. The van der Waals surface area contributed by atoms with Gasteiger partial charge < -0.3 is 15.4 Å².